The third-order valence-electron chi connectivity index (χ3n) is 2.78. The van der Waals surface area contributed by atoms with E-state index in [1.165, 1.54) is 31.2 Å². The van der Waals surface area contributed by atoms with Crippen LogP contribution in [-0.2, 0) is 6.54 Å². The number of unbranched alkanes of at least 4 members (excludes halogenated alkanes) is 3. The van der Waals surface area contributed by atoms with Gasteiger partial charge in [0.05, 0.1) is 11.6 Å². The average Bonchev–Trinajstić information content (AvgIpc) is 2.38. The summed E-state index contributed by atoms with van der Waals surface area (Å²) in [6.07, 6.45) is 5.17. The van der Waals surface area contributed by atoms with Crippen LogP contribution in [0.4, 0.5) is 0 Å². The van der Waals surface area contributed by atoms with Crippen molar-refractivity contribution < 1.29 is 4.74 Å². The van der Waals surface area contributed by atoms with Crippen LogP contribution >= 0.6 is 31.9 Å². The molecule has 1 rings (SSSR count). The molecule has 0 radical (unpaired) electrons. The van der Waals surface area contributed by atoms with Crippen LogP contribution in [-0.4, -0.2) is 19.0 Å². The Hall–Kier alpha value is -0.0600. The molecule has 0 fully saturated rings. The molecule has 0 aliphatic heterocycles. The zero-order valence-corrected chi connectivity index (χ0v) is 14.0. The maximum Gasteiger partial charge on any atom is 0.133 e. The Morgan fingerprint density at radius 2 is 1.94 bits per heavy atom. The molecule has 2 nitrogen and oxygen atoms in total. The van der Waals surface area contributed by atoms with E-state index >= 15 is 0 Å². The summed E-state index contributed by atoms with van der Waals surface area (Å²) in [4.78, 5) is 0. The highest BCUT2D eigenvalue weighted by Gasteiger charge is 2.00. The number of hydrogen-bond acceptors (Lipinski definition) is 2. The molecular weight excluding hydrogens is 358 g/mol. The molecule has 0 aliphatic rings. The van der Waals surface area contributed by atoms with Gasteiger partial charge in [-0.3, -0.25) is 0 Å². The monoisotopic (exact) mass is 377 g/mol. The minimum atomic E-state index is 0.883. The molecule has 0 saturated heterocycles. The highest BCUT2D eigenvalue weighted by Crippen LogP contribution is 2.25. The van der Waals surface area contributed by atoms with Crippen molar-refractivity contribution in [2.24, 2.45) is 0 Å². The van der Waals surface area contributed by atoms with Crippen LogP contribution in [0.2, 0.25) is 0 Å². The van der Waals surface area contributed by atoms with Crippen molar-refractivity contribution in [3.05, 3.63) is 28.2 Å². The molecule has 4 heteroatoms. The van der Waals surface area contributed by atoms with E-state index in [0.717, 1.165) is 28.6 Å². The largest absolute Gasteiger partial charge is 0.496 e. The second kappa shape index (κ2) is 9.82. The van der Waals surface area contributed by atoms with Crippen LogP contribution in [0.3, 0.4) is 0 Å². The van der Waals surface area contributed by atoms with Crippen molar-refractivity contribution in [2.45, 2.75) is 32.2 Å². The van der Waals surface area contributed by atoms with Gasteiger partial charge in [0.2, 0.25) is 0 Å². The number of methoxy groups -OCH3 is 1. The third kappa shape index (κ3) is 6.21. The van der Waals surface area contributed by atoms with Crippen LogP contribution in [0.5, 0.6) is 5.75 Å². The predicted octanol–water partition coefficient (Wildman–Crippen LogP) is 4.50. The summed E-state index contributed by atoms with van der Waals surface area (Å²) >= 11 is 6.95. The molecule has 102 valence electrons. The smallest absolute Gasteiger partial charge is 0.133 e. The molecule has 0 spiro atoms. The molecule has 1 aromatic rings. The molecular formula is C14H21Br2NO. The predicted molar refractivity (Wildman–Crippen MR) is 84.7 cm³/mol. The molecule has 18 heavy (non-hydrogen) atoms. The Bertz CT molecular complexity index is 345. The Labute approximate surface area is 127 Å². The molecule has 0 atom stereocenters. The molecule has 1 N–H and O–H groups in total. The van der Waals surface area contributed by atoms with Crippen molar-refractivity contribution in [1.82, 2.24) is 5.32 Å². The van der Waals surface area contributed by atoms with Gasteiger partial charge in [-0.25, -0.2) is 0 Å². The van der Waals surface area contributed by atoms with E-state index in [4.69, 9.17) is 4.74 Å². The van der Waals surface area contributed by atoms with Crippen LogP contribution in [0.25, 0.3) is 0 Å². The summed E-state index contributed by atoms with van der Waals surface area (Å²) in [6.45, 7) is 2.01. The van der Waals surface area contributed by atoms with Gasteiger partial charge in [-0.05, 0) is 53.0 Å². The van der Waals surface area contributed by atoms with E-state index < -0.39 is 0 Å². The van der Waals surface area contributed by atoms with Crippen molar-refractivity contribution in [2.75, 3.05) is 19.0 Å². The summed E-state index contributed by atoms with van der Waals surface area (Å²) in [7, 11) is 1.69. The number of nitrogens with one attached hydrogen (secondary N) is 1. The van der Waals surface area contributed by atoms with Gasteiger partial charge < -0.3 is 10.1 Å². The SMILES string of the molecule is COc1ccc(CNCCCCCCBr)cc1Br. The fourth-order valence-corrected chi connectivity index (χ4v) is 2.74. The maximum atomic E-state index is 5.21. The lowest BCUT2D eigenvalue weighted by Crippen LogP contribution is -2.14. The Morgan fingerprint density at radius 1 is 1.17 bits per heavy atom. The summed E-state index contributed by atoms with van der Waals surface area (Å²) in [6, 6.07) is 6.20. The number of hydrogen-bond donors (Lipinski definition) is 1. The molecule has 0 amide bonds. The summed E-state index contributed by atoms with van der Waals surface area (Å²) in [5.74, 6) is 0.883. The number of benzene rings is 1. The van der Waals surface area contributed by atoms with E-state index in [1.54, 1.807) is 7.11 Å². The van der Waals surface area contributed by atoms with Crippen molar-refractivity contribution in [1.29, 1.82) is 0 Å². The van der Waals surface area contributed by atoms with E-state index in [-0.39, 0.29) is 0 Å². The highest BCUT2D eigenvalue weighted by molar-refractivity contribution is 9.10. The molecule has 0 aliphatic carbocycles. The first-order valence-electron chi connectivity index (χ1n) is 6.37. The number of halogens is 2. The lowest BCUT2D eigenvalue weighted by molar-refractivity contribution is 0.412. The van der Waals surface area contributed by atoms with Gasteiger partial charge in [0.15, 0.2) is 0 Å². The van der Waals surface area contributed by atoms with E-state index in [9.17, 15) is 0 Å². The molecule has 0 aromatic heterocycles. The number of alkyl halides is 1. The molecule has 0 saturated carbocycles. The summed E-state index contributed by atoms with van der Waals surface area (Å²) in [5, 5.41) is 4.60. The standard InChI is InChI=1S/C14H21Br2NO/c1-18-14-7-6-12(10-13(14)16)11-17-9-5-3-2-4-8-15/h6-7,10,17H,2-5,8-9,11H2,1H3. The van der Waals surface area contributed by atoms with Gasteiger partial charge in [0.25, 0.3) is 0 Å². The molecule has 1 aromatic carbocycles. The minimum Gasteiger partial charge on any atom is -0.496 e. The first kappa shape index (κ1) is 16.0. The Kier molecular flexibility index (Phi) is 8.72. The summed E-state index contributed by atoms with van der Waals surface area (Å²) < 4.78 is 6.22. The van der Waals surface area contributed by atoms with E-state index in [0.29, 0.717) is 0 Å². The first-order valence-corrected chi connectivity index (χ1v) is 8.28. The number of ether oxygens (including phenoxy) is 1. The lowest BCUT2D eigenvalue weighted by atomic mass is 10.2. The van der Waals surface area contributed by atoms with Crippen LogP contribution in [0.1, 0.15) is 31.2 Å². The summed E-state index contributed by atoms with van der Waals surface area (Å²) in [5.41, 5.74) is 1.28. The van der Waals surface area contributed by atoms with Crippen LogP contribution in [0.15, 0.2) is 22.7 Å². The Morgan fingerprint density at radius 3 is 2.61 bits per heavy atom. The highest BCUT2D eigenvalue weighted by atomic mass is 79.9. The van der Waals surface area contributed by atoms with Crippen LogP contribution < -0.4 is 10.1 Å². The van der Waals surface area contributed by atoms with Gasteiger partial charge in [0.1, 0.15) is 5.75 Å². The van der Waals surface area contributed by atoms with Crippen molar-refractivity contribution in [3.63, 3.8) is 0 Å². The van der Waals surface area contributed by atoms with Crippen molar-refractivity contribution in [3.8, 4) is 5.75 Å². The van der Waals surface area contributed by atoms with Gasteiger partial charge in [-0.1, -0.05) is 34.8 Å². The molecule has 0 bridgehead atoms. The van der Waals surface area contributed by atoms with E-state index in [1.807, 2.05) is 6.07 Å². The van der Waals surface area contributed by atoms with Gasteiger partial charge in [-0.15, -0.1) is 0 Å². The normalized spacial score (nSPS) is 10.6. The first-order chi connectivity index (χ1) is 8.77. The topological polar surface area (TPSA) is 21.3 Å². The van der Waals surface area contributed by atoms with E-state index in [2.05, 4.69) is 49.3 Å². The van der Waals surface area contributed by atoms with Crippen LogP contribution in [0, 0.1) is 0 Å². The van der Waals surface area contributed by atoms with Gasteiger partial charge in [0, 0.05) is 11.9 Å². The molecule has 0 heterocycles. The fourth-order valence-electron chi connectivity index (χ4n) is 1.75. The number of rotatable bonds is 9. The van der Waals surface area contributed by atoms with Gasteiger partial charge >= 0.3 is 0 Å². The van der Waals surface area contributed by atoms with Crippen molar-refractivity contribution >= 4 is 31.9 Å². The lowest BCUT2D eigenvalue weighted by Gasteiger charge is -2.07. The van der Waals surface area contributed by atoms with Gasteiger partial charge in [-0.2, -0.15) is 0 Å². The quantitative estimate of drug-likeness (QED) is 0.504. The zero-order chi connectivity index (χ0) is 13.2. The molecule has 0 unspecified atom stereocenters. The second-order valence-corrected chi connectivity index (χ2v) is 5.90. The second-order valence-electron chi connectivity index (χ2n) is 4.25. The maximum absolute atomic E-state index is 5.21. The Balaban J connectivity index is 2.17. The fraction of sp³-hybridized carbons (Fsp3) is 0.571. The zero-order valence-electron chi connectivity index (χ0n) is 10.8. The third-order valence-corrected chi connectivity index (χ3v) is 3.96. The minimum absolute atomic E-state index is 0.883. The average molecular weight is 379 g/mol.